The maximum atomic E-state index is 11.6. The molecule has 0 aliphatic heterocycles. The molecule has 78 valence electrons. The molecule has 0 bridgehead atoms. The van der Waals surface area contributed by atoms with Gasteiger partial charge in [0.05, 0.1) is 6.04 Å². The van der Waals surface area contributed by atoms with Crippen molar-refractivity contribution >= 4 is 0 Å². The quantitative estimate of drug-likeness (QED) is 0.803. The van der Waals surface area contributed by atoms with Gasteiger partial charge in [-0.2, -0.15) is 0 Å². The first-order valence-corrected chi connectivity index (χ1v) is 4.86. The molecule has 0 aromatic carbocycles. The van der Waals surface area contributed by atoms with Crippen LogP contribution in [0, 0.1) is 6.92 Å². The second-order valence-electron chi connectivity index (χ2n) is 3.61. The Bertz CT molecular complexity index is 498. The molecule has 0 aliphatic carbocycles. The second-order valence-corrected chi connectivity index (χ2v) is 3.61. The number of hydrogen-bond acceptors (Lipinski definition) is 2. The third-order valence-corrected chi connectivity index (χ3v) is 2.43. The fourth-order valence-electron chi connectivity index (χ4n) is 1.59. The Kier molecular flexibility index (Phi) is 2.41. The number of nitrogens with one attached hydrogen (secondary N) is 1. The third-order valence-electron chi connectivity index (χ3n) is 2.43. The molecular formula is C11H13N3O. The average molecular weight is 203 g/mol. The minimum absolute atomic E-state index is 0.0103. The van der Waals surface area contributed by atoms with Crippen LogP contribution in [0.25, 0.3) is 0 Å². The molecule has 0 amide bonds. The Hall–Kier alpha value is -1.84. The summed E-state index contributed by atoms with van der Waals surface area (Å²) in [5.41, 5.74) is 1.88. The summed E-state index contributed by atoms with van der Waals surface area (Å²) in [4.78, 5) is 15.6. The highest BCUT2D eigenvalue weighted by molar-refractivity contribution is 5.14. The Morgan fingerprint density at radius 3 is 2.87 bits per heavy atom. The molecule has 0 radical (unpaired) electrons. The molecule has 0 saturated heterocycles. The number of rotatable bonds is 2. The Balaban J connectivity index is 2.41. The minimum atomic E-state index is -0.0140. The maximum Gasteiger partial charge on any atom is 0.267 e. The van der Waals surface area contributed by atoms with Crippen LogP contribution in [0.4, 0.5) is 0 Å². The van der Waals surface area contributed by atoms with E-state index in [0.717, 1.165) is 11.3 Å². The van der Waals surface area contributed by atoms with E-state index in [0.29, 0.717) is 0 Å². The van der Waals surface area contributed by atoms with Crippen molar-refractivity contribution < 1.29 is 0 Å². The molecule has 4 heteroatoms. The van der Waals surface area contributed by atoms with Gasteiger partial charge in [-0.15, -0.1) is 0 Å². The molecule has 0 saturated carbocycles. The lowest BCUT2D eigenvalue weighted by molar-refractivity contribution is 0.543. The standard InChI is InChI=1S/C11H13N3O/c1-8-6-11(15)14(13-8)9(2)10-4-3-5-12-7-10/h3-7,9,13H,1-2H3. The molecule has 4 nitrogen and oxygen atoms in total. The van der Waals surface area contributed by atoms with Crippen LogP contribution < -0.4 is 5.56 Å². The van der Waals surface area contributed by atoms with Gasteiger partial charge in [-0.3, -0.25) is 14.9 Å². The van der Waals surface area contributed by atoms with Gasteiger partial charge in [0.25, 0.3) is 5.56 Å². The van der Waals surface area contributed by atoms with Crippen molar-refractivity contribution in [3.8, 4) is 0 Å². The molecule has 2 aromatic rings. The van der Waals surface area contributed by atoms with E-state index in [9.17, 15) is 4.79 Å². The highest BCUT2D eigenvalue weighted by Gasteiger charge is 2.10. The first kappa shape index (κ1) is 9.71. The van der Waals surface area contributed by atoms with Gasteiger partial charge in [0.15, 0.2) is 0 Å². The summed E-state index contributed by atoms with van der Waals surface area (Å²) in [6.45, 7) is 3.84. The van der Waals surface area contributed by atoms with Gasteiger partial charge in [-0.05, 0) is 25.5 Å². The molecule has 0 aliphatic rings. The lowest BCUT2D eigenvalue weighted by Crippen LogP contribution is -2.20. The summed E-state index contributed by atoms with van der Waals surface area (Å²) in [5, 5.41) is 3.02. The van der Waals surface area contributed by atoms with Gasteiger partial charge in [0.2, 0.25) is 0 Å². The Morgan fingerprint density at radius 1 is 1.53 bits per heavy atom. The Morgan fingerprint density at radius 2 is 2.33 bits per heavy atom. The average Bonchev–Trinajstić information content (AvgIpc) is 2.58. The lowest BCUT2D eigenvalue weighted by Gasteiger charge is -2.11. The first-order chi connectivity index (χ1) is 7.18. The van der Waals surface area contributed by atoms with Crippen LogP contribution in [-0.4, -0.2) is 14.8 Å². The summed E-state index contributed by atoms with van der Waals surface area (Å²) in [6.07, 6.45) is 3.49. The van der Waals surface area contributed by atoms with E-state index in [1.807, 2.05) is 26.0 Å². The van der Waals surface area contributed by atoms with Crippen molar-refractivity contribution in [3.05, 3.63) is 52.2 Å². The largest absolute Gasteiger partial charge is 0.299 e. The third kappa shape index (κ3) is 1.83. The SMILES string of the molecule is Cc1cc(=O)n(C(C)c2cccnc2)[nH]1. The molecule has 2 heterocycles. The van der Waals surface area contributed by atoms with Gasteiger partial charge in [0, 0.05) is 24.2 Å². The van der Waals surface area contributed by atoms with E-state index >= 15 is 0 Å². The highest BCUT2D eigenvalue weighted by atomic mass is 16.1. The van der Waals surface area contributed by atoms with Gasteiger partial charge in [-0.1, -0.05) is 6.07 Å². The van der Waals surface area contributed by atoms with Crippen LogP contribution in [0.2, 0.25) is 0 Å². The zero-order chi connectivity index (χ0) is 10.8. The fraction of sp³-hybridized carbons (Fsp3) is 0.273. The topological polar surface area (TPSA) is 50.7 Å². The summed E-state index contributed by atoms with van der Waals surface area (Å²) in [5.74, 6) is 0. The molecular weight excluding hydrogens is 190 g/mol. The summed E-state index contributed by atoms with van der Waals surface area (Å²) < 4.78 is 1.60. The molecule has 0 fully saturated rings. The zero-order valence-corrected chi connectivity index (χ0v) is 8.77. The van der Waals surface area contributed by atoms with Crippen LogP contribution in [0.3, 0.4) is 0 Å². The van der Waals surface area contributed by atoms with E-state index in [2.05, 4.69) is 10.1 Å². The number of aryl methyl sites for hydroxylation is 1. The maximum absolute atomic E-state index is 11.6. The normalized spacial score (nSPS) is 12.7. The fourth-order valence-corrected chi connectivity index (χ4v) is 1.59. The second kappa shape index (κ2) is 3.73. The lowest BCUT2D eigenvalue weighted by atomic mass is 10.1. The first-order valence-electron chi connectivity index (χ1n) is 4.86. The molecule has 1 N–H and O–H groups in total. The van der Waals surface area contributed by atoms with Crippen LogP contribution >= 0.6 is 0 Å². The molecule has 2 rings (SSSR count). The van der Waals surface area contributed by atoms with E-state index in [1.54, 1.807) is 23.1 Å². The van der Waals surface area contributed by atoms with Crippen molar-refractivity contribution in [3.63, 3.8) is 0 Å². The molecule has 2 aromatic heterocycles. The number of pyridine rings is 1. The van der Waals surface area contributed by atoms with Gasteiger partial charge in [-0.25, -0.2) is 4.68 Å². The van der Waals surface area contributed by atoms with Gasteiger partial charge < -0.3 is 0 Å². The van der Waals surface area contributed by atoms with E-state index in [4.69, 9.17) is 0 Å². The number of aromatic amines is 1. The van der Waals surface area contributed by atoms with Crippen molar-refractivity contribution in [2.45, 2.75) is 19.9 Å². The van der Waals surface area contributed by atoms with E-state index < -0.39 is 0 Å². The van der Waals surface area contributed by atoms with Crippen molar-refractivity contribution in [2.75, 3.05) is 0 Å². The predicted molar refractivity (Wildman–Crippen MR) is 57.8 cm³/mol. The van der Waals surface area contributed by atoms with Crippen LogP contribution in [0.15, 0.2) is 35.4 Å². The van der Waals surface area contributed by atoms with Crippen molar-refractivity contribution in [2.24, 2.45) is 0 Å². The van der Waals surface area contributed by atoms with Crippen LogP contribution in [0.1, 0.15) is 24.2 Å². The minimum Gasteiger partial charge on any atom is -0.299 e. The summed E-state index contributed by atoms with van der Waals surface area (Å²) >= 11 is 0. The smallest absolute Gasteiger partial charge is 0.267 e. The summed E-state index contributed by atoms with van der Waals surface area (Å²) in [6, 6.07) is 5.40. The van der Waals surface area contributed by atoms with Gasteiger partial charge in [0.1, 0.15) is 0 Å². The monoisotopic (exact) mass is 203 g/mol. The van der Waals surface area contributed by atoms with Gasteiger partial charge >= 0.3 is 0 Å². The molecule has 0 spiro atoms. The molecule has 1 unspecified atom stereocenters. The highest BCUT2D eigenvalue weighted by Crippen LogP contribution is 2.13. The number of hydrogen-bond donors (Lipinski definition) is 1. The van der Waals surface area contributed by atoms with E-state index in [-0.39, 0.29) is 11.6 Å². The zero-order valence-electron chi connectivity index (χ0n) is 8.77. The van der Waals surface area contributed by atoms with Crippen molar-refractivity contribution in [1.82, 2.24) is 14.8 Å². The number of H-pyrrole nitrogens is 1. The number of aromatic nitrogens is 3. The number of nitrogens with zero attached hydrogens (tertiary/aromatic N) is 2. The Labute approximate surface area is 87.6 Å². The molecule has 15 heavy (non-hydrogen) atoms. The summed E-state index contributed by atoms with van der Waals surface area (Å²) in [7, 11) is 0. The van der Waals surface area contributed by atoms with Crippen LogP contribution in [0.5, 0.6) is 0 Å². The molecule has 1 atom stereocenters. The van der Waals surface area contributed by atoms with E-state index in [1.165, 1.54) is 0 Å². The van der Waals surface area contributed by atoms with Crippen molar-refractivity contribution in [1.29, 1.82) is 0 Å². The van der Waals surface area contributed by atoms with Crippen LogP contribution in [-0.2, 0) is 0 Å². The predicted octanol–water partition coefficient (Wildman–Crippen LogP) is 1.49.